The normalized spacial score (nSPS) is 14.4. The van der Waals surface area contributed by atoms with Gasteiger partial charge >= 0.3 is 0 Å². The summed E-state index contributed by atoms with van der Waals surface area (Å²) >= 11 is 6.18. The molecule has 2 amide bonds. The fourth-order valence-electron chi connectivity index (χ4n) is 3.55. The van der Waals surface area contributed by atoms with Crippen molar-refractivity contribution in [1.82, 2.24) is 14.4 Å². The molecular formula is C19H18ClN3O2. The van der Waals surface area contributed by atoms with Gasteiger partial charge < -0.3 is 9.47 Å². The van der Waals surface area contributed by atoms with Crippen LogP contribution in [0.3, 0.4) is 0 Å². The van der Waals surface area contributed by atoms with Crippen LogP contribution in [0.2, 0.25) is 5.02 Å². The van der Waals surface area contributed by atoms with Gasteiger partial charge in [-0.2, -0.15) is 0 Å². The van der Waals surface area contributed by atoms with Crippen molar-refractivity contribution in [1.29, 1.82) is 0 Å². The molecule has 1 aliphatic heterocycles. The maximum absolute atomic E-state index is 13.0. The molecule has 0 aliphatic carbocycles. The number of imide groups is 1. The lowest BCUT2D eigenvalue weighted by atomic mass is 10.0. The Morgan fingerprint density at radius 1 is 1.04 bits per heavy atom. The summed E-state index contributed by atoms with van der Waals surface area (Å²) in [7, 11) is 5.79. The van der Waals surface area contributed by atoms with E-state index in [1.807, 2.05) is 54.9 Å². The number of aryl methyl sites for hydroxylation is 1. The van der Waals surface area contributed by atoms with Crippen molar-refractivity contribution in [2.24, 2.45) is 7.05 Å². The van der Waals surface area contributed by atoms with Gasteiger partial charge in [0.05, 0.1) is 11.1 Å². The highest BCUT2D eigenvalue weighted by Crippen LogP contribution is 2.37. The van der Waals surface area contributed by atoms with E-state index in [9.17, 15) is 9.59 Å². The molecule has 0 unspecified atom stereocenters. The summed E-state index contributed by atoms with van der Waals surface area (Å²) in [5, 5.41) is 2.32. The van der Waals surface area contributed by atoms with Crippen molar-refractivity contribution < 1.29 is 9.59 Å². The summed E-state index contributed by atoms with van der Waals surface area (Å²) in [5.74, 6) is -0.442. The van der Waals surface area contributed by atoms with Gasteiger partial charge in [-0.3, -0.25) is 14.5 Å². The Labute approximate surface area is 150 Å². The van der Waals surface area contributed by atoms with Gasteiger partial charge in [-0.25, -0.2) is 0 Å². The minimum atomic E-state index is -0.222. The van der Waals surface area contributed by atoms with E-state index in [1.54, 1.807) is 6.07 Å². The number of hydrogen-bond donors (Lipinski definition) is 0. The minimum Gasteiger partial charge on any atom is -0.344 e. The van der Waals surface area contributed by atoms with Gasteiger partial charge in [-0.05, 0) is 44.4 Å². The second kappa shape index (κ2) is 5.58. The molecule has 5 nitrogen and oxygen atoms in total. The second-order valence-corrected chi connectivity index (χ2v) is 7.10. The third-order valence-corrected chi connectivity index (χ3v) is 5.07. The molecule has 0 atom stereocenters. The molecular weight excluding hydrogens is 338 g/mol. The topological polar surface area (TPSA) is 45.6 Å². The number of carbonyl (C=O) groups is 2. The molecule has 0 fully saturated rings. The van der Waals surface area contributed by atoms with Crippen molar-refractivity contribution in [2.45, 2.75) is 0 Å². The van der Waals surface area contributed by atoms with Crippen LogP contribution in [0.5, 0.6) is 0 Å². The summed E-state index contributed by atoms with van der Waals surface area (Å²) in [6.07, 6.45) is 0. The van der Waals surface area contributed by atoms with Gasteiger partial charge in [0.2, 0.25) is 0 Å². The number of carbonyl (C=O) groups excluding carboxylic acids is 2. The first-order chi connectivity index (χ1) is 11.9. The summed E-state index contributed by atoms with van der Waals surface area (Å²) in [6, 6.07) is 9.30. The van der Waals surface area contributed by atoms with Gasteiger partial charge in [0.25, 0.3) is 11.8 Å². The van der Waals surface area contributed by atoms with Crippen molar-refractivity contribution >= 4 is 45.2 Å². The molecule has 0 bridgehead atoms. The number of rotatable bonds is 3. The monoisotopic (exact) mass is 355 g/mol. The molecule has 4 rings (SSSR count). The number of amides is 2. The van der Waals surface area contributed by atoms with Crippen LogP contribution in [0.4, 0.5) is 0 Å². The van der Waals surface area contributed by atoms with Gasteiger partial charge in [-0.1, -0.05) is 11.6 Å². The third-order valence-electron chi connectivity index (χ3n) is 4.84. The molecule has 128 valence electrons. The van der Waals surface area contributed by atoms with Crippen LogP contribution in [0.25, 0.3) is 21.8 Å². The lowest BCUT2D eigenvalue weighted by Gasteiger charge is -2.16. The van der Waals surface area contributed by atoms with E-state index in [0.29, 0.717) is 29.2 Å². The van der Waals surface area contributed by atoms with Crippen LogP contribution in [-0.4, -0.2) is 53.4 Å². The molecule has 2 heterocycles. The molecule has 1 aliphatic rings. The number of fused-ring (bicyclic) bond motifs is 5. The van der Waals surface area contributed by atoms with Gasteiger partial charge in [0.15, 0.2) is 0 Å². The van der Waals surface area contributed by atoms with E-state index >= 15 is 0 Å². The molecule has 0 radical (unpaired) electrons. The predicted octanol–water partition coefficient (Wildman–Crippen LogP) is 3.14. The highest BCUT2D eigenvalue weighted by molar-refractivity contribution is 6.33. The van der Waals surface area contributed by atoms with Crippen LogP contribution >= 0.6 is 11.6 Å². The Morgan fingerprint density at radius 2 is 1.76 bits per heavy atom. The number of nitrogens with zero attached hydrogens (tertiary/aromatic N) is 3. The maximum Gasteiger partial charge on any atom is 0.262 e. The Balaban J connectivity index is 1.98. The van der Waals surface area contributed by atoms with Crippen LogP contribution in [-0.2, 0) is 7.05 Å². The van der Waals surface area contributed by atoms with Crippen molar-refractivity contribution in [2.75, 3.05) is 27.2 Å². The zero-order chi connectivity index (χ0) is 17.9. The molecule has 0 saturated carbocycles. The van der Waals surface area contributed by atoms with Gasteiger partial charge in [0, 0.05) is 47.0 Å². The molecule has 6 heteroatoms. The molecule has 1 aromatic heterocycles. The first-order valence-electron chi connectivity index (χ1n) is 8.11. The number of hydrogen-bond acceptors (Lipinski definition) is 3. The van der Waals surface area contributed by atoms with E-state index in [4.69, 9.17) is 11.6 Å². The number of benzene rings is 2. The minimum absolute atomic E-state index is 0.220. The molecule has 25 heavy (non-hydrogen) atoms. The third kappa shape index (κ3) is 2.27. The van der Waals surface area contributed by atoms with Crippen LogP contribution < -0.4 is 0 Å². The maximum atomic E-state index is 13.0. The zero-order valence-corrected chi connectivity index (χ0v) is 15.1. The Bertz CT molecular complexity index is 1050. The molecule has 2 aromatic carbocycles. The number of aromatic nitrogens is 1. The zero-order valence-electron chi connectivity index (χ0n) is 14.3. The average molecular weight is 356 g/mol. The highest BCUT2D eigenvalue weighted by Gasteiger charge is 2.37. The van der Waals surface area contributed by atoms with E-state index in [0.717, 1.165) is 21.8 Å². The van der Waals surface area contributed by atoms with E-state index < -0.39 is 0 Å². The second-order valence-electron chi connectivity index (χ2n) is 6.67. The summed E-state index contributed by atoms with van der Waals surface area (Å²) in [5.41, 5.74) is 2.88. The molecule has 0 saturated heterocycles. The van der Waals surface area contributed by atoms with Gasteiger partial charge in [-0.15, -0.1) is 0 Å². The largest absolute Gasteiger partial charge is 0.344 e. The molecule has 3 aromatic rings. The summed E-state index contributed by atoms with van der Waals surface area (Å²) in [4.78, 5) is 29.0. The fraction of sp³-hybridized carbons (Fsp3) is 0.263. The lowest BCUT2D eigenvalue weighted by Crippen LogP contribution is -2.35. The molecule has 0 N–H and O–H groups in total. The standard InChI is InChI=1S/C19H18ClN3O2/c1-21(2)8-9-23-18(24)12-5-7-15-16(17(12)19(23)25)13-10-11(20)4-6-14(13)22(15)3/h4-7,10H,8-9H2,1-3H3. The smallest absolute Gasteiger partial charge is 0.262 e. The van der Waals surface area contributed by atoms with Crippen molar-refractivity contribution in [3.8, 4) is 0 Å². The highest BCUT2D eigenvalue weighted by atomic mass is 35.5. The van der Waals surface area contributed by atoms with E-state index in [-0.39, 0.29) is 11.8 Å². The quantitative estimate of drug-likeness (QED) is 0.678. The fourth-order valence-corrected chi connectivity index (χ4v) is 3.72. The Kier molecular flexibility index (Phi) is 3.60. The Hall–Kier alpha value is -2.37. The van der Waals surface area contributed by atoms with Gasteiger partial charge in [0.1, 0.15) is 0 Å². The number of halogens is 1. The first kappa shape index (κ1) is 16.1. The van der Waals surface area contributed by atoms with E-state index in [2.05, 4.69) is 0 Å². The Morgan fingerprint density at radius 3 is 2.48 bits per heavy atom. The van der Waals surface area contributed by atoms with Crippen molar-refractivity contribution in [3.63, 3.8) is 0 Å². The van der Waals surface area contributed by atoms with Crippen LogP contribution in [0.15, 0.2) is 30.3 Å². The predicted molar refractivity (Wildman–Crippen MR) is 99.4 cm³/mol. The van der Waals surface area contributed by atoms with E-state index in [1.165, 1.54) is 4.90 Å². The molecule has 0 spiro atoms. The van der Waals surface area contributed by atoms with Crippen LogP contribution in [0, 0.1) is 0 Å². The SMILES string of the molecule is CN(C)CCN1C(=O)c2ccc3c(c2C1=O)c1cc(Cl)ccc1n3C. The first-order valence-corrected chi connectivity index (χ1v) is 8.49. The average Bonchev–Trinajstić information content (AvgIpc) is 2.98. The number of likely N-dealkylation sites (N-methyl/N-ethyl adjacent to an activating group) is 1. The summed E-state index contributed by atoms with van der Waals surface area (Å²) in [6.45, 7) is 1.02. The summed E-state index contributed by atoms with van der Waals surface area (Å²) < 4.78 is 2.03. The van der Waals surface area contributed by atoms with Crippen molar-refractivity contribution in [3.05, 3.63) is 46.5 Å². The van der Waals surface area contributed by atoms with Crippen LogP contribution in [0.1, 0.15) is 20.7 Å². The lowest BCUT2D eigenvalue weighted by molar-refractivity contribution is 0.0645.